The number of halogens is 1. The molecule has 4 aromatic rings. The summed E-state index contributed by atoms with van der Waals surface area (Å²) in [4.78, 5) is 15.1. The maximum Gasteiger partial charge on any atom is 0.316 e. The van der Waals surface area contributed by atoms with Gasteiger partial charge in [-0.2, -0.15) is 0 Å². The Morgan fingerprint density at radius 3 is 2.61 bits per heavy atom. The number of aromatic nitrogens is 2. The van der Waals surface area contributed by atoms with E-state index in [9.17, 15) is 14.3 Å². The van der Waals surface area contributed by atoms with Crippen LogP contribution in [0.2, 0.25) is 0 Å². The van der Waals surface area contributed by atoms with E-state index < -0.39 is 11.5 Å². The first-order valence-electron chi connectivity index (χ1n) is 12.7. The fraction of sp³-hybridized carbons (Fsp3) is 0.393. The highest BCUT2D eigenvalue weighted by Crippen LogP contribution is 2.37. The Morgan fingerprint density at radius 2 is 1.92 bits per heavy atom. The van der Waals surface area contributed by atoms with Crippen LogP contribution in [0.3, 0.4) is 0 Å². The molecule has 200 valence electrons. The topological polar surface area (TPSA) is 111 Å². The molecule has 10 heteroatoms. The summed E-state index contributed by atoms with van der Waals surface area (Å²) < 4.78 is 36.1. The molecular weight excluding hydrogens is 493 g/mol. The van der Waals surface area contributed by atoms with E-state index in [1.807, 2.05) is 18.2 Å². The number of aliphatic hydroxyl groups is 1. The number of ether oxygens (including phenoxy) is 2. The molecule has 0 amide bonds. The lowest BCUT2D eigenvalue weighted by atomic mass is 9.72. The SMILES string of the molecule is CCOC(=O)C1(c2ccc(F)cc2)CCN(CC(O)COc2cccc3oc(-c4nnc(C)o4)cc23)CC1. The van der Waals surface area contributed by atoms with Gasteiger partial charge in [0.1, 0.15) is 29.9 Å². The summed E-state index contributed by atoms with van der Waals surface area (Å²) in [6.07, 6.45) is 0.269. The average molecular weight is 524 g/mol. The van der Waals surface area contributed by atoms with Crippen LogP contribution in [0, 0.1) is 12.7 Å². The van der Waals surface area contributed by atoms with Gasteiger partial charge in [-0.15, -0.1) is 10.2 Å². The first kappa shape index (κ1) is 25.9. The standard InChI is InChI=1S/C28H30FN3O6/c1-3-35-27(34)28(19-7-9-20(29)10-8-19)11-13-32(14-12-28)16-21(33)17-36-23-5-4-6-24-22(23)15-25(38-24)26-31-30-18(2)37-26/h4-10,15,21,33H,3,11-14,16-17H2,1-2H3. The Labute approximate surface area is 219 Å². The largest absolute Gasteiger partial charge is 0.490 e. The summed E-state index contributed by atoms with van der Waals surface area (Å²) in [5, 5.41) is 19.3. The number of hydrogen-bond acceptors (Lipinski definition) is 9. The number of aryl methyl sites for hydroxylation is 1. The van der Waals surface area contributed by atoms with E-state index in [4.69, 9.17) is 18.3 Å². The second-order valence-electron chi connectivity index (χ2n) is 9.48. The summed E-state index contributed by atoms with van der Waals surface area (Å²) in [6.45, 7) is 5.39. The van der Waals surface area contributed by atoms with Crippen LogP contribution < -0.4 is 4.74 Å². The number of hydrogen-bond donors (Lipinski definition) is 1. The van der Waals surface area contributed by atoms with E-state index >= 15 is 0 Å². The average Bonchev–Trinajstić information content (AvgIpc) is 3.55. The molecule has 0 spiro atoms. The smallest absolute Gasteiger partial charge is 0.316 e. The highest BCUT2D eigenvalue weighted by Gasteiger charge is 2.44. The van der Waals surface area contributed by atoms with Gasteiger partial charge >= 0.3 is 5.97 Å². The van der Waals surface area contributed by atoms with Crippen LogP contribution in [0.25, 0.3) is 22.6 Å². The normalized spacial score (nSPS) is 16.4. The first-order chi connectivity index (χ1) is 18.4. The Morgan fingerprint density at radius 1 is 1.16 bits per heavy atom. The van der Waals surface area contributed by atoms with E-state index in [2.05, 4.69) is 15.1 Å². The van der Waals surface area contributed by atoms with Gasteiger partial charge < -0.3 is 28.3 Å². The van der Waals surface area contributed by atoms with Crippen molar-refractivity contribution in [2.75, 3.05) is 32.8 Å². The highest BCUT2D eigenvalue weighted by atomic mass is 19.1. The maximum atomic E-state index is 13.5. The molecule has 0 radical (unpaired) electrons. The molecule has 0 aliphatic carbocycles. The summed E-state index contributed by atoms with van der Waals surface area (Å²) in [6, 6.07) is 13.3. The van der Waals surface area contributed by atoms with Gasteiger partial charge in [0.2, 0.25) is 5.89 Å². The summed E-state index contributed by atoms with van der Waals surface area (Å²) in [7, 11) is 0. The lowest BCUT2D eigenvalue weighted by Crippen LogP contribution is -2.50. The molecule has 1 unspecified atom stereocenters. The molecule has 9 nitrogen and oxygen atoms in total. The van der Waals surface area contributed by atoms with E-state index in [1.54, 1.807) is 32.0 Å². The highest BCUT2D eigenvalue weighted by molar-refractivity contribution is 5.87. The molecule has 3 heterocycles. The summed E-state index contributed by atoms with van der Waals surface area (Å²) in [5.74, 6) is 1.10. The number of nitrogens with zero attached hydrogens (tertiary/aromatic N) is 3. The fourth-order valence-electron chi connectivity index (χ4n) is 4.96. The zero-order chi connectivity index (χ0) is 26.7. The quantitative estimate of drug-likeness (QED) is 0.322. The second-order valence-corrected chi connectivity index (χ2v) is 9.48. The Kier molecular flexibility index (Phi) is 7.44. The number of rotatable bonds is 9. The zero-order valence-electron chi connectivity index (χ0n) is 21.4. The minimum absolute atomic E-state index is 0.0801. The second kappa shape index (κ2) is 10.9. The van der Waals surface area contributed by atoms with Crippen molar-refractivity contribution in [2.24, 2.45) is 0 Å². The summed E-state index contributed by atoms with van der Waals surface area (Å²) in [5.41, 5.74) is 0.534. The third kappa shape index (κ3) is 5.27. The number of piperidine rings is 1. The number of carbonyl (C=O) groups is 1. The molecule has 5 rings (SSSR count). The van der Waals surface area contributed by atoms with E-state index in [1.165, 1.54) is 12.1 Å². The molecular formula is C28H30FN3O6. The number of β-amino-alcohol motifs (C(OH)–C–C–N with tert-alkyl or cyclic N) is 1. The Balaban J connectivity index is 1.21. The number of fused-ring (bicyclic) bond motifs is 1. The van der Waals surface area contributed by atoms with Crippen LogP contribution in [0.4, 0.5) is 4.39 Å². The number of aliphatic hydroxyl groups excluding tert-OH is 1. The molecule has 0 saturated carbocycles. The number of furan rings is 1. The molecule has 1 aliphatic rings. The van der Waals surface area contributed by atoms with Crippen molar-refractivity contribution < 1.29 is 32.6 Å². The molecule has 1 fully saturated rings. The molecule has 38 heavy (non-hydrogen) atoms. The minimum atomic E-state index is -0.826. The fourth-order valence-corrected chi connectivity index (χ4v) is 4.96. The van der Waals surface area contributed by atoms with Crippen LogP contribution in [0.1, 0.15) is 31.2 Å². The van der Waals surface area contributed by atoms with E-state index in [0.29, 0.717) is 55.5 Å². The van der Waals surface area contributed by atoms with Gasteiger partial charge in [0.05, 0.1) is 17.4 Å². The van der Waals surface area contributed by atoms with Crippen molar-refractivity contribution in [2.45, 2.75) is 38.2 Å². The molecule has 2 aromatic carbocycles. The number of benzene rings is 2. The van der Waals surface area contributed by atoms with Crippen LogP contribution in [0.15, 0.2) is 57.4 Å². The number of esters is 1. The molecule has 0 bridgehead atoms. The van der Waals surface area contributed by atoms with Gasteiger partial charge in [0.25, 0.3) is 5.89 Å². The predicted octanol–water partition coefficient (Wildman–Crippen LogP) is 4.27. The van der Waals surface area contributed by atoms with E-state index in [0.717, 1.165) is 10.9 Å². The van der Waals surface area contributed by atoms with E-state index in [-0.39, 0.29) is 30.9 Å². The Bertz CT molecular complexity index is 1390. The number of carbonyl (C=O) groups excluding carboxylic acids is 1. The first-order valence-corrected chi connectivity index (χ1v) is 12.7. The molecule has 2 aromatic heterocycles. The van der Waals surface area contributed by atoms with Crippen molar-refractivity contribution in [3.63, 3.8) is 0 Å². The van der Waals surface area contributed by atoms with Crippen molar-refractivity contribution in [1.29, 1.82) is 0 Å². The van der Waals surface area contributed by atoms with Gasteiger partial charge in [-0.05, 0) is 62.7 Å². The maximum absolute atomic E-state index is 13.5. The third-order valence-electron chi connectivity index (χ3n) is 6.93. The lowest BCUT2D eigenvalue weighted by molar-refractivity contribution is -0.152. The molecule has 1 atom stereocenters. The molecule has 1 aliphatic heterocycles. The zero-order valence-corrected chi connectivity index (χ0v) is 21.4. The van der Waals surface area contributed by atoms with Gasteiger partial charge in [-0.3, -0.25) is 4.79 Å². The third-order valence-corrected chi connectivity index (χ3v) is 6.93. The van der Waals surface area contributed by atoms with Crippen molar-refractivity contribution in [3.05, 3.63) is 65.8 Å². The van der Waals surface area contributed by atoms with Crippen molar-refractivity contribution >= 4 is 16.9 Å². The molecule has 1 saturated heterocycles. The monoisotopic (exact) mass is 523 g/mol. The van der Waals surface area contributed by atoms with Gasteiger partial charge in [-0.1, -0.05) is 18.2 Å². The predicted molar refractivity (Wildman–Crippen MR) is 136 cm³/mol. The molecule has 1 N–H and O–H groups in total. The van der Waals surface area contributed by atoms with Crippen molar-refractivity contribution in [1.82, 2.24) is 15.1 Å². The van der Waals surface area contributed by atoms with Crippen molar-refractivity contribution in [3.8, 4) is 17.4 Å². The Hall–Kier alpha value is -3.76. The summed E-state index contributed by atoms with van der Waals surface area (Å²) >= 11 is 0. The van der Waals surface area contributed by atoms with Crippen LogP contribution >= 0.6 is 0 Å². The van der Waals surface area contributed by atoms with Crippen LogP contribution in [-0.2, 0) is 14.9 Å². The minimum Gasteiger partial charge on any atom is -0.490 e. The van der Waals surface area contributed by atoms with Crippen LogP contribution in [-0.4, -0.2) is 65.1 Å². The van der Waals surface area contributed by atoms with Gasteiger partial charge in [-0.25, -0.2) is 4.39 Å². The lowest BCUT2D eigenvalue weighted by Gasteiger charge is -2.40. The van der Waals surface area contributed by atoms with Gasteiger partial charge in [0.15, 0.2) is 5.76 Å². The van der Waals surface area contributed by atoms with Crippen LogP contribution in [0.5, 0.6) is 5.75 Å². The van der Waals surface area contributed by atoms with Gasteiger partial charge in [0, 0.05) is 19.5 Å². The number of likely N-dealkylation sites (tertiary alicyclic amines) is 1.